The molecule has 0 bridgehead atoms. The topological polar surface area (TPSA) is 100 Å². The minimum absolute atomic E-state index is 0.0126. The first kappa shape index (κ1) is 13.0. The molecule has 96 valence electrons. The summed E-state index contributed by atoms with van der Waals surface area (Å²) < 4.78 is 31.8. The summed E-state index contributed by atoms with van der Waals surface area (Å²) in [7, 11) is -4.26. The van der Waals surface area contributed by atoms with Crippen LogP contribution in [0.25, 0.3) is 5.69 Å². The van der Waals surface area contributed by atoms with Gasteiger partial charge in [-0.1, -0.05) is 0 Å². The van der Waals surface area contributed by atoms with E-state index in [1.807, 2.05) is 0 Å². The molecule has 0 amide bonds. The maximum Gasteiger partial charge on any atom is 0.294 e. The van der Waals surface area contributed by atoms with Crippen LogP contribution in [0.2, 0.25) is 0 Å². The summed E-state index contributed by atoms with van der Waals surface area (Å²) in [5.74, 6) is 0. The van der Waals surface area contributed by atoms with Gasteiger partial charge in [-0.2, -0.15) is 13.7 Å². The van der Waals surface area contributed by atoms with Crippen molar-refractivity contribution in [2.45, 2.75) is 4.90 Å². The number of nitriles is 1. The number of rotatable bonds is 2. The highest BCUT2D eigenvalue weighted by Crippen LogP contribution is 2.12. The van der Waals surface area contributed by atoms with Crippen molar-refractivity contribution in [3.8, 4) is 11.8 Å². The zero-order valence-corrected chi connectivity index (χ0v) is 10.3. The quantitative estimate of drug-likeness (QED) is 0.823. The lowest BCUT2D eigenvalue weighted by Gasteiger charge is -2.06. The van der Waals surface area contributed by atoms with Gasteiger partial charge >= 0.3 is 0 Å². The van der Waals surface area contributed by atoms with E-state index < -0.39 is 15.7 Å². The Morgan fingerprint density at radius 2 is 1.79 bits per heavy atom. The molecule has 0 atom stereocenters. The molecule has 2 rings (SSSR count). The molecule has 1 N–H and O–H groups in total. The molecule has 0 spiro atoms. The lowest BCUT2D eigenvalue weighted by molar-refractivity contribution is 0.483. The van der Waals surface area contributed by atoms with Crippen LogP contribution in [0.4, 0.5) is 0 Å². The third kappa shape index (κ3) is 2.54. The molecule has 0 unspecified atom stereocenters. The molecule has 0 saturated carbocycles. The van der Waals surface area contributed by atoms with Gasteiger partial charge in [0.15, 0.2) is 0 Å². The molecule has 7 heteroatoms. The Morgan fingerprint density at radius 1 is 1.16 bits per heavy atom. The number of nitrogens with zero attached hydrogens (tertiary/aromatic N) is 2. The van der Waals surface area contributed by atoms with Crippen LogP contribution in [0.3, 0.4) is 0 Å². The summed E-state index contributed by atoms with van der Waals surface area (Å²) in [5.41, 5.74) is -0.111. The standard InChI is InChI=1S/C12H8N2O4S/c13-8-9-2-1-7-14(12(9)15)10-3-5-11(6-4-10)19(16,17)18/h1-7H,(H,16,17,18). The van der Waals surface area contributed by atoms with Crippen LogP contribution in [0.1, 0.15) is 5.56 Å². The Kier molecular flexibility index (Phi) is 3.21. The van der Waals surface area contributed by atoms with Crippen LogP contribution in [0, 0.1) is 11.3 Å². The Morgan fingerprint density at radius 3 is 2.32 bits per heavy atom. The lowest BCUT2D eigenvalue weighted by atomic mass is 10.2. The summed E-state index contributed by atoms with van der Waals surface area (Å²) in [6.07, 6.45) is 1.46. The average Bonchev–Trinajstić information content (AvgIpc) is 2.38. The maximum absolute atomic E-state index is 11.9. The number of hydrogen-bond donors (Lipinski definition) is 1. The summed E-state index contributed by atoms with van der Waals surface area (Å²) in [5, 5.41) is 8.76. The minimum atomic E-state index is -4.26. The van der Waals surface area contributed by atoms with Gasteiger partial charge in [-0.25, -0.2) is 0 Å². The lowest BCUT2D eigenvalue weighted by Crippen LogP contribution is -2.19. The molecule has 1 heterocycles. The molecule has 6 nitrogen and oxygen atoms in total. The normalized spacial score (nSPS) is 10.9. The molecule has 0 aliphatic rings. The van der Waals surface area contributed by atoms with E-state index in [-0.39, 0.29) is 10.5 Å². The first-order valence-corrected chi connectivity index (χ1v) is 6.57. The van der Waals surface area contributed by atoms with Gasteiger partial charge in [0.25, 0.3) is 15.7 Å². The molecule has 0 radical (unpaired) electrons. The van der Waals surface area contributed by atoms with E-state index in [0.29, 0.717) is 5.69 Å². The van der Waals surface area contributed by atoms with Gasteiger partial charge in [-0.05, 0) is 36.4 Å². The summed E-state index contributed by atoms with van der Waals surface area (Å²) in [4.78, 5) is 11.6. The van der Waals surface area contributed by atoms with Crippen molar-refractivity contribution in [1.29, 1.82) is 5.26 Å². The van der Waals surface area contributed by atoms with Crippen molar-refractivity contribution in [1.82, 2.24) is 4.57 Å². The van der Waals surface area contributed by atoms with Crippen molar-refractivity contribution in [3.05, 3.63) is 58.5 Å². The van der Waals surface area contributed by atoms with Crippen LogP contribution in [0.15, 0.2) is 52.3 Å². The van der Waals surface area contributed by atoms with E-state index in [1.54, 1.807) is 6.07 Å². The SMILES string of the molecule is N#Cc1cccn(-c2ccc(S(=O)(=O)O)cc2)c1=O. The first-order chi connectivity index (χ1) is 8.93. The van der Waals surface area contributed by atoms with Crippen molar-refractivity contribution in [2.24, 2.45) is 0 Å². The summed E-state index contributed by atoms with van der Waals surface area (Å²) in [6, 6.07) is 9.79. The van der Waals surface area contributed by atoms with E-state index in [4.69, 9.17) is 9.81 Å². The van der Waals surface area contributed by atoms with E-state index in [2.05, 4.69) is 0 Å². The van der Waals surface area contributed by atoms with Crippen molar-refractivity contribution in [3.63, 3.8) is 0 Å². The van der Waals surface area contributed by atoms with E-state index in [1.165, 1.54) is 47.2 Å². The molecule has 2 aromatic rings. The Labute approximate surface area is 108 Å². The summed E-state index contributed by atoms with van der Waals surface area (Å²) >= 11 is 0. The van der Waals surface area contributed by atoms with E-state index >= 15 is 0 Å². The van der Waals surface area contributed by atoms with Gasteiger partial charge in [0, 0.05) is 11.9 Å². The Bertz CT molecular complexity index is 814. The predicted octanol–water partition coefficient (Wildman–Crippen LogP) is 0.956. The zero-order valence-electron chi connectivity index (χ0n) is 9.52. The van der Waals surface area contributed by atoms with Crippen LogP contribution >= 0.6 is 0 Å². The second-order valence-electron chi connectivity index (χ2n) is 3.68. The van der Waals surface area contributed by atoms with Crippen molar-refractivity contribution in [2.75, 3.05) is 0 Å². The molecule has 0 saturated heterocycles. The smallest absolute Gasteiger partial charge is 0.283 e. The number of aromatic nitrogens is 1. The number of pyridine rings is 1. The highest BCUT2D eigenvalue weighted by Gasteiger charge is 2.10. The molecular weight excluding hydrogens is 268 g/mol. The van der Waals surface area contributed by atoms with Gasteiger partial charge in [0.05, 0.1) is 4.90 Å². The zero-order chi connectivity index (χ0) is 14.0. The van der Waals surface area contributed by atoms with Gasteiger partial charge < -0.3 is 0 Å². The number of benzene rings is 1. The van der Waals surface area contributed by atoms with E-state index in [9.17, 15) is 13.2 Å². The van der Waals surface area contributed by atoms with Crippen LogP contribution in [-0.4, -0.2) is 17.5 Å². The van der Waals surface area contributed by atoms with Gasteiger partial charge in [0.1, 0.15) is 11.6 Å². The highest BCUT2D eigenvalue weighted by atomic mass is 32.2. The van der Waals surface area contributed by atoms with Crippen LogP contribution in [0.5, 0.6) is 0 Å². The second-order valence-corrected chi connectivity index (χ2v) is 5.10. The highest BCUT2D eigenvalue weighted by molar-refractivity contribution is 7.85. The predicted molar refractivity (Wildman–Crippen MR) is 66.6 cm³/mol. The molecular formula is C12H8N2O4S. The monoisotopic (exact) mass is 276 g/mol. The van der Waals surface area contributed by atoms with Crippen molar-refractivity contribution < 1.29 is 13.0 Å². The molecule has 0 fully saturated rings. The number of hydrogen-bond acceptors (Lipinski definition) is 4. The third-order valence-electron chi connectivity index (χ3n) is 2.48. The molecule has 0 aliphatic heterocycles. The molecule has 19 heavy (non-hydrogen) atoms. The largest absolute Gasteiger partial charge is 0.294 e. The minimum Gasteiger partial charge on any atom is -0.283 e. The van der Waals surface area contributed by atoms with Crippen molar-refractivity contribution >= 4 is 10.1 Å². The molecule has 1 aromatic heterocycles. The van der Waals surface area contributed by atoms with E-state index in [0.717, 1.165) is 0 Å². The van der Waals surface area contributed by atoms with Gasteiger partial charge in [0.2, 0.25) is 0 Å². The second kappa shape index (κ2) is 4.68. The Hall–Kier alpha value is -2.43. The fraction of sp³-hybridized carbons (Fsp3) is 0. The van der Waals surface area contributed by atoms with Crippen LogP contribution in [-0.2, 0) is 10.1 Å². The fourth-order valence-corrected chi connectivity index (χ4v) is 2.04. The summed E-state index contributed by atoms with van der Waals surface area (Å²) in [6.45, 7) is 0. The molecule has 1 aromatic carbocycles. The fourth-order valence-electron chi connectivity index (χ4n) is 1.56. The third-order valence-corrected chi connectivity index (χ3v) is 3.35. The average molecular weight is 276 g/mol. The first-order valence-electron chi connectivity index (χ1n) is 5.13. The van der Waals surface area contributed by atoms with Gasteiger partial charge in [-0.3, -0.25) is 13.9 Å². The van der Waals surface area contributed by atoms with Crippen LogP contribution < -0.4 is 5.56 Å². The van der Waals surface area contributed by atoms with Gasteiger partial charge in [-0.15, -0.1) is 0 Å². The molecule has 0 aliphatic carbocycles. The maximum atomic E-state index is 11.9. The Balaban J connectivity index is 2.56.